The van der Waals surface area contributed by atoms with Gasteiger partial charge in [0.25, 0.3) is 0 Å². The van der Waals surface area contributed by atoms with Crippen molar-refractivity contribution in [3.63, 3.8) is 0 Å². The molecule has 0 bridgehead atoms. The number of halogens is 1. The average Bonchev–Trinajstić information content (AvgIpc) is 3.26. The Morgan fingerprint density at radius 3 is 3.04 bits per heavy atom. The number of aromatic amines is 1. The average molecular weight is 459 g/mol. The number of para-hydroxylation sites is 1. The number of benzene rings is 2. The van der Waals surface area contributed by atoms with Gasteiger partial charge in [-0.05, 0) is 58.3 Å². The predicted octanol–water partition coefficient (Wildman–Crippen LogP) is 3.59. The van der Waals surface area contributed by atoms with Crippen LogP contribution in [0, 0.1) is 3.70 Å². The van der Waals surface area contributed by atoms with Crippen LogP contribution in [0.15, 0.2) is 42.5 Å². The highest BCUT2D eigenvalue weighted by atomic mass is 127. The molecule has 1 amide bonds. The molecule has 132 valence electrons. The highest BCUT2D eigenvalue weighted by Gasteiger charge is 2.67. The van der Waals surface area contributed by atoms with Gasteiger partial charge in [0.15, 0.2) is 0 Å². The molecule has 5 rings (SSSR count). The van der Waals surface area contributed by atoms with Gasteiger partial charge in [-0.1, -0.05) is 24.3 Å². The molecule has 1 N–H and O–H groups in total. The quantitative estimate of drug-likeness (QED) is 0.607. The third-order valence-electron chi connectivity index (χ3n) is 5.72. The van der Waals surface area contributed by atoms with Gasteiger partial charge in [-0.15, -0.1) is 0 Å². The molecule has 1 fully saturated rings. The molecule has 1 saturated carbocycles. The topological polar surface area (TPSA) is 58.2 Å². The molecule has 2 aromatic carbocycles. The first-order chi connectivity index (χ1) is 12.7. The third kappa shape index (κ3) is 2.11. The van der Waals surface area contributed by atoms with E-state index in [2.05, 4.69) is 57.1 Å². The van der Waals surface area contributed by atoms with Gasteiger partial charge in [-0.25, -0.2) is 0 Å². The van der Waals surface area contributed by atoms with Crippen LogP contribution in [-0.2, 0) is 14.9 Å². The summed E-state index contributed by atoms with van der Waals surface area (Å²) in [6.07, 6.45) is 0.860. The highest BCUT2D eigenvalue weighted by Crippen LogP contribution is 2.66. The fourth-order valence-electron chi connectivity index (χ4n) is 4.37. The lowest BCUT2D eigenvalue weighted by atomic mass is 9.92. The van der Waals surface area contributed by atoms with Gasteiger partial charge in [-0.2, -0.15) is 5.10 Å². The van der Waals surface area contributed by atoms with Gasteiger partial charge in [-0.3, -0.25) is 9.89 Å². The molecule has 3 aromatic rings. The molecule has 0 saturated heterocycles. The van der Waals surface area contributed by atoms with E-state index in [1.54, 1.807) is 7.11 Å². The summed E-state index contributed by atoms with van der Waals surface area (Å²) in [5, 5.41) is 8.53. The SMILES string of the molecule is COCCN1C(=O)C2(C[C@H]2c2ccc3c(I)[nH]nc3c2)c2ccccc21. The second-order valence-corrected chi connectivity index (χ2v) is 8.09. The number of hydrogen-bond donors (Lipinski definition) is 1. The van der Waals surface area contributed by atoms with Crippen LogP contribution in [0.3, 0.4) is 0 Å². The molecule has 1 aliphatic heterocycles. The first-order valence-electron chi connectivity index (χ1n) is 8.71. The minimum absolute atomic E-state index is 0.206. The van der Waals surface area contributed by atoms with Gasteiger partial charge in [0.05, 0.1) is 17.5 Å². The normalized spacial score (nSPS) is 23.8. The van der Waals surface area contributed by atoms with Gasteiger partial charge in [0.1, 0.15) is 3.70 Å². The number of carbonyl (C=O) groups excluding carboxylic acids is 1. The number of H-pyrrole nitrogens is 1. The second kappa shape index (κ2) is 5.79. The maximum absolute atomic E-state index is 13.4. The van der Waals surface area contributed by atoms with Gasteiger partial charge >= 0.3 is 0 Å². The molecule has 1 unspecified atom stereocenters. The lowest BCUT2D eigenvalue weighted by Crippen LogP contribution is -2.35. The van der Waals surface area contributed by atoms with E-state index < -0.39 is 5.41 Å². The number of rotatable bonds is 4. The number of nitrogens with one attached hydrogen (secondary N) is 1. The van der Waals surface area contributed by atoms with Crippen molar-refractivity contribution < 1.29 is 9.53 Å². The van der Waals surface area contributed by atoms with Crippen molar-refractivity contribution in [3.8, 4) is 0 Å². The van der Waals surface area contributed by atoms with Crippen molar-refractivity contribution >= 4 is 45.1 Å². The van der Waals surface area contributed by atoms with E-state index in [0.717, 1.165) is 32.3 Å². The molecule has 5 nitrogen and oxygen atoms in total. The molecule has 1 aliphatic carbocycles. The number of carbonyl (C=O) groups is 1. The van der Waals surface area contributed by atoms with Crippen LogP contribution in [0.5, 0.6) is 0 Å². The molecule has 0 radical (unpaired) electrons. The Balaban J connectivity index is 1.56. The molecule has 1 aromatic heterocycles. The monoisotopic (exact) mass is 459 g/mol. The largest absolute Gasteiger partial charge is 0.383 e. The lowest BCUT2D eigenvalue weighted by Gasteiger charge is -2.17. The minimum Gasteiger partial charge on any atom is -0.383 e. The van der Waals surface area contributed by atoms with Crippen molar-refractivity contribution in [2.24, 2.45) is 0 Å². The molecule has 2 aliphatic rings. The van der Waals surface area contributed by atoms with Crippen LogP contribution in [0.2, 0.25) is 0 Å². The zero-order valence-electron chi connectivity index (χ0n) is 14.3. The van der Waals surface area contributed by atoms with Crippen LogP contribution in [0.1, 0.15) is 23.5 Å². The molecule has 6 heteroatoms. The molecular weight excluding hydrogens is 441 g/mol. The van der Waals surface area contributed by atoms with E-state index in [1.165, 1.54) is 5.56 Å². The Kier molecular flexibility index (Phi) is 3.62. The number of aromatic nitrogens is 2. The summed E-state index contributed by atoms with van der Waals surface area (Å²) < 4.78 is 6.26. The predicted molar refractivity (Wildman–Crippen MR) is 109 cm³/mol. The number of methoxy groups -OCH3 is 1. The number of amides is 1. The summed E-state index contributed by atoms with van der Waals surface area (Å²) in [5.74, 6) is 0.417. The molecule has 2 atom stereocenters. The number of hydrogen-bond acceptors (Lipinski definition) is 3. The standard InChI is InChI=1S/C20H18IN3O2/c1-26-9-8-24-17-5-3-2-4-14(17)20(19(24)25)11-15(20)12-6-7-13-16(10-12)22-23-18(13)21/h2-7,10,15H,8-9,11H2,1H3,(H,22,23)/t15-,20?/m0/s1. The van der Waals surface area contributed by atoms with E-state index in [1.807, 2.05) is 23.1 Å². The summed E-state index contributed by atoms with van der Waals surface area (Å²) in [4.78, 5) is 15.2. The summed E-state index contributed by atoms with van der Waals surface area (Å²) >= 11 is 2.26. The van der Waals surface area contributed by atoms with Crippen molar-refractivity contribution in [1.82, 2.24) is 10.2 Å². The fourth-order valence-corrected chi connectivity index (χ4v) is 4.95. The van der Waals surface area contributed by atoms with Crippen LogP contribution in [-0.4, -0.2) is 36.4 Å². The third-order valence-corrected chi connectivity index (χ3v) is 6.54. The van der Waals surface area contributed by atoms with Crippen LogP contribution < -0.4 is 4.90 Å². The summed E-state index contributed by atoms with van der Waals surface area (Å²) in [6.45, 7) is 1.13. The van der Waals surface area contributed by atoms with Gasteiger partial charge < -0.3 is 9.64 Å². The maximum atomic E-state index is 13.4. The summed E-state index contributed by atoms with van der Waals surface area (Å²) in [5.41, 5.74) is 3.93. The number of fused-ring (bicyclic) bond motifs is 3. The summed E-state index contributed by atoms with van der Waals surface area (Å²) in [7, 11) is 1.67. The summed E-state index contributed by atoms with van der Waals surface area (Å²) in [6, 6.07) is 14.6. The van der Waals surface area contributed by atoms with E-state index in [0.29, 0.717) is 13.2 Å². The molecular formula is C20H18IN3O2. The molecule has 2 heterocycles. The maximum Gasteiger partial charge on any atom is 0.238 e. The second-order valence-electron chi connectivity index (χ2n) is 7.01. The molecule has 26 heavy (non-hydrogen) atoms. The van der Waals surface area contributed by atoms with Crippen molar-refractivity contribution in [3.05, 3.63) is 57.3 Å². The molecule has 1 spiro atoms. The van der Waals surface area contributed by atoms with E-state index >= 15 is 0 Å². The van der Waals surface area contributed by atoms with Crippen molar-refractivity contribution in [2.75, 3.05) is 25.2 Å². The fraction of sp³-hybridized carbons (Fsp3) is 0.300. The van der Waals surface area contributed by atoms with Crippen molar-refractivity contribution in [2.45, 2.75) is 17.8 Å². The van der Waals surface area contributed by atoms with Crippen molar-refractivity contribution in [1.29, 1.82) is 0 Å². The van der Waals surface area contributed by atoms with Crippen LogP contribution >= 0.6 is 22.6 Å². The van der Waals surface area contributed by atoms with E-state index in [4.69, 9.17) is 4.74 Å². The Morgan fingerprint density at radius 1 is 1.35 bits per heavy atom. The Labute approximate surface area is 164 Å². The zero-order chi connectivity index (χ0) is 17.9. The smallest absolute Gasteiger partial charge is 0.238 e. The Bertz CT molecular complexity index is 1030. The Morgan fingerprint density at radius 2 is 2.19 bits per heavy atom. The lowest BCUT2D eigenvalue weighted by molar-refractivity contribution is -0.120. The number of nitrogens with zero attached hydrogens (tertiary/aromatic N) is 2. The van der Waals surface area contributed by atoms with Gasteiger partial charge in [0.2, 0.25) is 5.91 Å². The zero-order valence-corrected chi connectivity index (χ0v) is 16.5. The van der Waals surface area contributed by atoms with Crippen LogP contribution in [0.4, 0.5) is 5.69 Å². The highest BCUT2D eigenvalue weighted by molar-refractivity contribution is 14.1. The van der Waals surface area contributed by atoms with E-state index in [9.17, 15) is 4.79 Å². The Hall–Kier alpha value is -1.93. The van der Waals surface area contributed by atoms with E-state index in [-0.39, 0.29) is 11.8 Å². The van der Waals surface area contributed by atoms with Crippen LogP contribution in [0.25, 0.3) is 10.9 Å². The first-order valence-corrected chi connectivity index (χ1v) is 9.78. The minimum atomic E-state index is -0.415. The first kappa shape index (κ1) is 16.3. The van der Waals surface area contributed by atoms with Gasteiger partial charge in [0, 0.05) is 30.6 Å². The number of ether oxygens (including phenoxy) is 1. The number of anilines is 1.